The first kappa shape index (κ1) is 24.9. The minimum atomic E-state index is -0.498. The monoisotopic (exact) mass is 498 g/mol. The molecule has 0 bridgehead atoms. The molecule has 0 radical (unpaired) electrons. The molecule has 3 aromatic rings. The summed E-state index contributed by atoms with van der Waals surface area (Å²) in [6.45, 7) is 4.35. The number of hydrogen-bond acceptors (Lipinski definition) is 4. The zero-order valence-electron chi connectivity index (χ0n) is 19.7. The number of benzene rings is 2. The van der Waals surface area contributed by atoms with Gasteiger partial charge in [-0.3, -0.25) is 9.59 Å². The lowest BCUT2D eigenvalue weighted by Gasteiger charge is -2.38. The molecule has 5 nitrogen and oxygen atoms in total. The first-order valence-electron chi connectivity index (χ1n) is 11.7. The Balaban J connectivity index is 1.55. The maximum absolute atomic E-state index is 13.8. The lowest BCUT2D eigenvalue weighted by molar-refractivity contribution is -0.136. The highest BCUT2D eigenvalue weighted by Gasteiger charge is 2.34. The molecule has 2 heterocycles. The van der Waals surface area contributed by atoms with Crippen LogP contribution in [-0.4, -0.2) is 47.4 Å². The van der Waals surface area contributed by atoms with Gasteiger partial charge >= 0.3 is 0 Å². The van der Waals surface area contributed by atoms with Gasteiger partial charge in [0.1, 0.15) is 30.5 Å². The summed E-state index contributed by atoms with van der Waals surface area (Å²) in [5, 5.41) is 1.99. The van der Waals surface area contributed by atoms with E-state index in [0.717, 1.165) is 12.0 Å². The van der Waals surface area contributed by atoms with Crippen molar-refractivity contribution in [2.45, 2.75) is 38.8 Å². The lowest BCUT2D eigenvalue weighted by Crippen LogP contribution is -2.49. The molecule has 0 aliphatic carbocycles. The zero-order chi connectivity index (χ0) is 24.9. The highest BCUT2D eigenvalue weighted by atomic mass is 32.1. The molecule has 0 saturated carbocycles. The zero-order valence-corrected chi connectivity index (χ0v) is 20.6. The van der Waals surface area contributed by atoms with Crippen molar-refractivity contribution in [3.05, 3.63) is 87.6 Å². The Kier molecular flexibility index (Phi) is 7.80. The Bertz CT molecular complexity index is 1200. The summed E-state index contributed by atoms with van der Waals surface area (Å²) in [6.07, 6.45) is 1.37. The fourth-order valence-corrected chi connectivity index (χ4v) is 5.21. The van der Waals surface area contributed by atoms with Gasteiger partial charge in [-0.1, -0.05) is 19.1 Å². The lowest BCUT2D eigenvalue weighted by atomic mass is 10.00. The quantitative estimate of drug-likeness (QED) is 0.414. The Morgan fingerprint density at radius 1 is 1.14 bits per heavy atom. The highest BCUT2D eigenvalue weighted by Crippen LogP contribution is 2.34. The molecular formula is C27H28F2N2O3S. The molecule has 0 spiro atoms. The van der Waals surface area contributed by atoms with Gasteiger partial charge in [-0.25, -0.2) is 8.78 Å². The molecule has 2 unspecified atom stereocenters. The highest BCUT2D eigenvalue weighted by molar-refractivity contribution is 7.10. The Labute approximate surface area is 207 Å². The second kappa shape index (κ2) is 11.0. The molecule has 0 N–H and O–H groups in total. The predicted octanol–water partition coefficient (Wildman–Crippen LogP) is 5.47. The number of carbonyl (C=O) groups excluding carboxylic acids is 2. The number of nitrogens with zero attached hydrogens (tertiary/aromatic N) is 2. The van der Waals surface area contributed by atoms with Gasteiger partial charge in [0.05, 0.1) is 6.04 Å². The second-order valence-corrected chi connectivity index (χ2v) is 9.62. The molecule has 35 heavy (non-hydrogen) atoms. The van der Waals surface area contributed by atoms with E-state index in [4.69, 9.17) is 4.74 Å². The van der Waals surface area contributed by atoms with E-state index in [1.807, 2.05) is 25.3 Å². The van der Waals surface area contributed by atoms with Crippen LogP contribution < -0.4 is 4.74 Å². The number of halogens is 2. The summed E-state index contributed by atoms with van der Waals surface area (Å²) >= 11 is 1.64. The molecule has 184 valence electrons. The molecule has 8 heteroatoms. The van der Waals surface area contributed by atoms with E-state index >= 15 is 0 Å². The van der Waals surface area contributed by atoms with Crippen LogP contribution in [0.25, 0.3) is 0 Å². The average Bonchev–Trinajstić information content (AvgIpc) is 3.34. The standard InChI is InChI=1S/C27H28F2N2O3S/c1-3-18(2)31(27(33)19-6-4-7-20(28)14-19)16-26(32)30-12-10-25-23(11-13-35-25)24(30)17-34-22-9-5-8-21(29)15-22/h4-9,11,13-15,18,24H,3,10,12,16-17H2,1-2H3. The predicted molar refractivity (Wildman–Crippen MR) is 132 cm³/mol. The van der Waals surface area contributed by atoms with Crippen molar-refractivity contribution in [2.24, 2.45) is 0 Å². The molecule has 1 aromatic heterocycles. The van der Waals surface area contributed by atoms with Crippen LogP contribution in [0.1, 0.15) is 47.1 Å². The SMILES string of the molecule is CCC(C)N(CC(=O)N1CCc2sccc2C1COc1cccc(F)c1)C(=O)c1cccc(F)c1. The fourth-order valence-electron chi connectivity index (χ4n) is 4.28. The normalized spacial score (nSPS) is 15.9. The summed E-state index contributed by atoms with van der Waals surface area (Å²) in [7, 11) is 0. The Morgan fingerprint density at radius 3 is 2.60 bits per heavy atom. The van der Waals surface area contributed by atoms with Gasteiger partial charge in [0.2, 0.25) is 5.91 Å². The smallest absolute Gasteiger partial charge is 0.254 e. The maximum Gasteiger partial charge on any atom is 0.254 e. The van der Waals surface area contributed by atoms with E-state index < -0.39 is 11.6 Å². The van der Waals surface area contributed by atoms with Gasteiger partial charge in [0.25, 0.3) is 5.91 Å². The largest absolute Gasteiger partial charge is 0.491 e. The van der Waals surface area contributed by atoms with Gasteiger partial charge in [-0.2, -0.15) is 0 Å². The average molecular weight is 499 g/mol. The van der Waals surface area contributed by atoms with E-state index in [0.29, 0.717) is 18.7 Å². The van der Waals surface area contributed by atoms with Crippen molar-refractivity contribution in [1.82, 2.24) is 9.80 Å². The van der Waals surface area contributed by atoms with E-state index in [1.165, 1.54) is 40.1 Å². The Hall–Kier alpha value is -3.26. The molecule has 4 rings (SSSR count). The van der Waals surface area contributed by atoms with Crippen LogP contribution in [0.3, 0.4) is 0 Å². The van der Waals surface area contributed by atoms with Gasteiger partial charge < -0.3 is 14.5 Å². The van der Waals surface area contributed by atoms with Crippen molar-refractivity contribution >= 4 is 23.2 Å². The molecule has 2 amide bonds. The van der Waals surface area contributed by atoms with E-state index in [1.54, 1.807) is 34.4 Å². The number of fused-ring (bicyclic) bond motifs is 1. The van der Waals surface area contributed by atoms with E-state index in [2.05, 4.69) is 0 Å². The minimum Gasteiger partial charge on any atom is -0.491 e. The van der Waals surface area contributed by atoms with Crippen molar-refractivity contribution in [3.8, 4) is 5.75 Å². The van der Waals surface area contributed by atoms with Crippen molar-refractivity contribution in [1.29, 1.82) is 0 Å². The van der Waals surface area contributed by atoms with Crippen LogP contribution in [0.4, 0.5) is 8.78 Å². The third-order valence-corrected chi connectivity index (χ3v) is 7.38. The van der Waals surface area contributed by atoms with E-state index in [-0.39, 0.29) is 42.6 Å². The second-order valence-electron chi connectivity index (χ2n) is 8.62. The third kappa shape index (κ3) is 5.70. The first-order chi connectivity index (χ1) is 16.9. The topological polar surface area (TPSA) is 49.9 Å². The van der Waals surface area contributed by atoms with Crippen LogP contribution in [0, 0.1) is 11.6 Å². The third-order valence-electron chi connectivity index (χ3n) is 6.38. The number of rotatable bonds is 8. The van der Waals surface area contributed by atoms with Gasteiger partial charge in [-0.15, -0.1) is 11.3 Å². The van der Waals surface area contributed by atoms with E-state index in [9.17, 15) is 18.4 Å². The summed E-state index contributed by atoms with van der Waals surface area (Å²) < 4.78 is 33.3. The summed E-state index contributed by atoms with van der Waals surface area (Å²) in [5.74, 6) is -1.09. The van der Waals surface area contributed by atoms with Crippen molar-refractivity contribution in [3.63, 3.8) is 0 Å². The number of carbonyl (C=O) groups is 2. The van der Waals surface area contributed by atoms with Gasteiger partial charge in [0.15, 0.2) is 0 Å². The first-order valence-corrected chi connectivity index (χ1v) is 12.6. The Morgan fingerprint density at radius 2 is 1.89 bits per heavy atom. The van der Waals surface area contributed by atoms with Gasteiger partial charge in [0, 0.05) is 29.1 Å². The van der Waals surface area contributed by atoms with Crippen molar-refractivity contribution in [2.75, 3.05) is 19.7 Å². The van der Waals surface area contributed by atoms with Crippen LogP contribution in [0.5, 0.6) is 5.75 Å². The van der Waals surface area contributed by atoms with Crippen LogP contribution >= 0.6 is 11.3 Å². The number of thiophene rings is 1. The molecule has 2 atom stereocenters. The summed E-state index contributed by atoms with van der Waals surface area (Å²) in [5.41, 5.74) is 1.22. The number of ether oxygens (including phenoxy) is 1. The molecule has 2 aromatic carbocycles. The van der Waals surface area contributed by atoms with Crippen LogP contribution in [0.15, 0.2) is 60.0 Å². The van der Waals surface area contributed by atoms with Crippen LogP contribution in [-0.2, 0) is 11.2 Å². The molecular weight excluding hydrogens is 470 g/mol. The molecule has 1 aliphatic heterocycles. The van der Waals surface area contributed by atoms with Crippen LogP contribution in [0.2, 0.25) is 0 Å². The minimum absolute atomic E-state index is 0.125. The summed E-state index contributed by atoms with van der Waals surface area (Å²) in [6, 6.07) is 12.8. The number of hydrogen-bond donors (Lipinski definition) is 0. The van der Waals surface area contributed by atoms with Gasteiger partial charge in [-0.05, 0) is 67.1 Å². The number of amides is 2. The van der Waals surface area contributed by atoms with Crippen molar-refractivity contribution < 1.29 is 23.1 Å². The maximum atomic E-state index is 13.8. The molecule has 0 fully saturated rings. The fraction of sp³-hybridized carbons (Fsp3) is 0.333. The molecule has 0 saturated heterocycles. The molecule has 1 aliphatic rings. The summed E-state index contributed by atoms with van der Waals surface area (Å²) in [4.78, 5) is 31.2.